The van der Waals surface area contributed by atoms with Crippen molar-refractivity contribution in [2.45, 2.75) is 26.8 Å². The fraction of sp³-hybridized carbons (Fsp3) is 0.615. The number of aromatic nitrogens is 1. The van der Waals surface area contributed by atoms with Crippen molar-refractivity contribution in [3.8, 4) is 0 Å². The van der Waals surface area contributed by atoms with Crippen LogP contribution >= 0.6 is 0 Å². The number of hydrogen-bond acceptors (Lipinski definition) is 3. The first-order valence-electron chi connectivity index (χ1n) is 6.08. The van der Waals surface area contributed by atoms with E-state index in [-0.39, 0.29) is 0 Å². The zero-order chi connectivity index (χ0) is 11.5. The molecule has 0 spiro atoms. The fourth-order valence-electron chi connectivity index (χ4n) is 2.40. The summed E-state index contributed by atoms with van der Waals surface area (Å²) in [6.07, 6.45) is 3.12. The molecule has 0 aromatic carbocycles. The molecule has 1 unspecified atom stereocenters. The first-order valence-corrected chi connectivity index (χ1v) is 6.08. The van der Waals surface area contributed by atoms with Gasteiger partial charge in [0.15, 0.2) is 0 Å². The Hall–Kier alpha value is -1.09. The van der Waals surface area contributed by atoms with E-state index >= 15 is 0 Å². The average Bonchev–Trinajstić information content (AvgIpc) is 2.66. The van der Waals surface area contributed by atoms with Gasteiger partial charge in [0, 0.05) is 19.3 Å². The lowest BCUT2D eigenvalue weighted by molar-refractivity contribution is 0.297. The maximum Gasteiger partial charge on any atom is 0.123 e. The minimum Gasteiger partial charge on any atom is -0.384 e. The van der Waals surface area contributed by atoms with Crippen molar-refractivity contribution in [3.63, 3.8) is 0 Å². The largest absolute Gasteiger partial charge is 0.384 e. The zero-order valence-corrected chi connectivity index (χ0v) is 10.2. The minimum atomic E-state index is 0.622. The molecule has 1 atom stereocenters. The Morgan fingerprint density at radius 2 is 2.38 bits per heavy atom. The Balaban J connectivity index is 1.92. The number of anilines is 1. The molecule has 88 valence electrons. The lowest BCUT2D eigenvalue weighted by atomic mass is 9.95. The van der Waals surface area contributed by atoms with Crippen LogP contribution in [0.3, 0.4) is 0 Å². The van der Waals surface area contributed by atoms with E-state index in [0.717, 1.165) is 18.4 Å². The van der Waals surface area contributed by atoms with Crippen LogP contribution in [-0.2, 0) is 6.54 Å². The molecule has 1 aromatic rings. The summed E-state index contributed by atoms with van der Waals surface area (Å²) < 4.78 is 0. The molecular weight excluding hydrogens is 198 g/mol. The van der Waals surface area contributed by atoms with Crippen molar-refractivity contribution >= 4 is 5.82 Å². The van der Waals surface area contributed by atoms with Gasteiger partial charge < -0.3 is 5.73 Å². The van der Waals surface area contributed by atoms with Gasteiger partial charge in [-0.05, 0) is 42.5 Å². The standard InChI is InChI=1S/C13H21N3/c1-10(2)12-4-6-16(9-12)8-11-3-5-15-13(14)7-11/h3,5,7,10,12H,4,6,8-9H2,1-2H3,(H2,14,15). The summed E-state index contributed by atoms with van der Waals surface area (Å²) in [5, 5.41) is 0. The predicted octanol–water partition coefficient (Wildman–Crippen LogP) is 2.14. The molecule has 1 aromatic heterocycles. The van der Waals surface area contributed by atoms with Gasteiger partial charge in [-0.3, -0.25) is 4.90 Å². The predicted molar refractivity (Wildman–Crippen MR) is 66.9 cm³/mol. The van der Waals surface area contributed by atoms with Crippen LogP contribution in [0.4, 0.5) is 5.82 Å². The fourth-order valence-corrected chi connectivity index (χ4v) is 2.40. The van der Waals surface area contributed by atoms with E-state index in [4.69, 9.17) is 5.73 Å². The number of pyridine rings is 1. The molecule has 0 amide bonds. The summed E-state index contributed by atoms with van der Waals surface area (Å²) in [6, 6.07) is 4.03. The van der Waals surface area contributed by atoms with Crippen molar-refractivity contribution in [3.05, 3.63) is 23.9 Å². The lowest BCUT2D eigenvalue weighted by Crippen LogP contribution is -2.21. The molecule has 1 aliphatic rings. The van der Waals surface area contributed by atoms with Crippen LogP contribution in [0.25, 0.3) is 0 Å². The molecule has 0 aliphatic carbocycles. The average molecular weight is 219 g/mol. The minimum absolute atomic E-state index is 0.622. The van der Waals surface area contributed by atoms with E-state index in [0.29, 0.717) is 5.82 Å². The smallest absolute Gasteiger partial charge is 0.123 e. The van der Waals surface area contributed by atoms with Crippen molar-refractivity contribution in [2.75, 3.05) is 18.8 Å². The molecule has 2 heterocycles. The molecule has 1 saturated heterocycles. The number of nitrogen functional groups attached to an aromatic ring is 1. The van der Waals surface area contributed by atoms with E-state index in [1.165, 1.54) is 25.1 Å². The quantitative estimate of drug-likeness (QED) is 0.847. The number of likely N-dealkylation sites (tertiary alicyclic amines) is 1. The molecule has 0 radical (unpaired) electrons. The Morgan fingerprint density at radius 3 is 3.00 bits per heavy atom. The summed E-state index contributed by atoms with van der Waals surface area (Å²) in [5.74, 6) is 2.28. The molecule has 1 aliphatic heterocycles. The van der Waals surface area contributed by atoms with Crippen LogP contribution in [-0.4, -0.2) is 23.0 Å². The second-order valence-electron chi connectivity index (χ2n) is 5.12. The molecule has 2 N–H and O–H groups in total. The van der Waals surface area contributed by atoms with Gasteiger partial charge in [0.1, 0.15) is 5.82 Å². The third kappa shape index (κ3) is 2.73. The number of hydrogen-bond donors (Lipinski definition) is 1. The Labute approximate surface area is 97.7 Å². The maximum atomic E-state index is 5.68. The monoisotopic (exact) mass is 219 g/mol. The first kappa shape index (κ1) is 11.4. The summed E-state index contributed by atoms with van der Waals surface area (Å²) in [6.45, 7) is 8.08. The van der Waals surface area contributed by atoms with Gasteiger partial charge in [0.05, 0.1) is 0 Å². The highest BCUT2D eigenvalue weighted by atomic mass is 15.1. The van der Waals surface area contributed by atoms with E-state index in [2.05, 4.69) is 29.8 Å². The topological polar surface area (TPSA) is 42.2 Å². The summed E-state index contributed by atoms with van der Waals surface area (Å²) >= 11 is 0. The lowest BCUT2D eigenvalue weighted by Gasteiger charge is -2.17. The van der Waals surface area contributed by atoms with Gasteiger partial charge in [0.2, 0.25) is 0 Å². The van der Waals surface area contributed by atoms with Crippen LogP contribution in [0.2, 0.25) is 0 Å². The SMILES string of the molecule is CC(C)C1CCN(Cc2ccnc(N)c2)C1. The Bertz CT molecular complexity index is 349. The van der Waals surface area contributed by atoms with E-state index in [9.17, 15) is 0 Å². The number of nitrogens with zero attached hydrogens (tertiary/aromatic N) is 2. The highest BCUT2D eigenvalue weighted by molar-refractivity contribution is 5.31. The van der Waals surface area contributed by atoms with Crippen LogP contribution in [0.5, 0.6) is 0 Å². The highest BCUT2D eigenvalue weighted by Gasteiger charge is 2.24. The Morgan fingerprint density at radius 1 is 1.56 bits per heavy atom. The molecular formula is C13H21N3. The van der Waals surface area contributed by atoms with E-state index < -0.39 is 0 Å². The van der Waals surface area contributed by atoms with Gasteiger partial charge in [-0.25, -0.2) is 4.98 Å². The van der Waals surface area contributed by atoms with Gasteiger partial charge in [-0.1, -0.05) is 13.8 Å². The van der Waals surface area contributed by atoms with Gasteiger partial charge in [-0.15, -0.1) is 0 Å². The molecule has 0 saturated carbocycles. The molecule has 0 bridgehead atoms. The van der Waals surface area contributed by atoms with E-state index in [1.807, 2.05) is 6.07 Å². The second kappa shape index (κ2) is 4.83. The van der Waals surface area contributed by atoms with Crippen LogP contribution in [0.1, 0.15) is 25.8 Å². The van der Waals surface area contributed by atoms with E-state index in [1.54, 1.807) is 6.20 Å². The summed E-state index contributed by atoms with van der Waals surface area (Å²) in [4.78, 5) is 6.53. The maximum absolute atomic E-state index is 5.68. The zero-order valence-electron chi connectivity index (χ0n) is 10.2. The third-order valence-corrected chi connectivity index (χ3v) is 3.50. The van der Waals surface area contributed by atoms with Crippen LogP contribution in [0.15, 0.2) is 18.3 Å². The molecule has 3 heteroatoms. The molecule has 2 rings (SSSR count). The van der Waals surface area contributed by atoms with Gasteiger partial charge in [0.25, 0.3) is 0 Å². The normalized spacial score (nSPS) is 21.8. The van der Waals surface area contributed by atoms with Crippen LogP contribution in [0, 0.1) is 11.8 Å². The van der Waals surface area contributed by atoms with Crippen molar-refractivity contribution in [1.82, 2.24) is 9.88 Å². The van der Waals surface area contributed by atoms with Crippen molar-refractivity contribution in [1.29, 1.82) is 0 Å². The highest BCUT2D eigenvalue weighted by Crippen LogP contribution is 2.24. The first-order chi connectivity index (χ1) is 7.65. The number of rotatable bonds is 3. The molecule has 1 fully saturated rings. The van der Waals surface area contributed by atoms with Crippen LogP contribution < -0.4 is 5.73 Å². The molecule has 16 heavy (non-hydrogen) atoms. The van der Waals surface area contributed by atoms with Crippen molar-refractivity contribution < 1.29 is 0 Å². The molecule has 3 nitrogen and oxygen atoms in total. The number of nitrogens with two attached hydrogens (primary N) is 1. The summed E-state index contributed by atoms with van der Waals surface area (Å²) in [5.41, 5.74) is 6.95. The summed E-state index contributed by atoms with van der Waals surface area (Å²) in [7, 11) is 0. The van der Waals surface area contributed by atoms with Gasteiger partial charge >= 0.3 is 0 Å². The third-order valence-electron chi connectivity index (χ3n) is 3.50. The van der Waals surface area contributed by atoms with Gasteiger partial charge in [-0.2, -0.15) is 0 Å². The second-order valence-corrected chi connectivity index (χ2v) is 5.12. The Kier molecular flexibility index (Phi) is 3.44. The van der Waals surface area contributed by atoms with Crippen molar-refractivity contribution in [2.24, 2.45) is 11.8 Å².